The van der Waals surface area contributed by atoms with E-state index in [0.717, 1.165) is 19.3 Å². The van der Waals surface area contributed by atoms with Gasteiger partial charge in [0.15, 0.2) is 0 Å². The van der Waals surface area contributed by atoms with Gasteiger partial charge in [0.05, 0.1) is 0 Å². The van der Waals surface area contributed by atoms with E-state index in [1.54, 1.807) is 5.57 Å². The second-order valence-corrected chi connectivity index (χ2v) is 10.5. The van der Waals surface area contributed by atoms with Gasteiger partial charge in [-0.05, 0) is 85.9 Å². The van der Waals surface area contributed by atoms with Gasteiger partial charge in [0.2, 0.25) is 0 Å². The molecular formula is C24H36O3. The van der Waals surface area contributed by atoms with Gasteiger partial charge in [-0.2, -0.15) is 0 Å². The fourth-order valence-corrected chi connectivity index (χ4v) is 7.81. The molecule has 0 saturated heterocycles. The lowest BCUT2D eigenvalue weighted by Crippen LogP contribution is -2.50. The maximum Gasteiger partial charge on any atom is 0.302 e. The summed E-state index contributed by atoms with van der Waals surface area (Å²) < 4.78 is 5.57. The molecule has 27 heavy (non-hydrogen) atoms. The van der Waals surface area contributed by atoms with E-state index >= 15 is 0 Å². The van der Waals surface area contributed by atoms with E-state index in [1.807, 2.05) is 0 Å². The minimum absolute atomic E-state index is 0.119. The van der Waals surface area contributed by atoms with Crippen LogP contribution < -0.4 is 0 Å². The van der Waals surface area contributed by atoms with Gasteiger partial charge in [-0.15, -0.1) is 0 Å². The molecule has 8 atom stereocenters. The monoisotopic (exact) mass is 372 g/mol. The summed E-state index contributed by atoms with van der Waals surface area (Å²) >= 11 is 0. The minimum Gasteiger partial charge on any atom is -0.463 e. The summed E-state index contributed by atoms with van der Waals surface area (Å²) in [5.41, 5.74) is 2.39. The summed E-state index contributed by atoms with van der Waals surface area (Å²) in [7, 11) is 0. The first-order valence-corrected chi connectivity index (χ1v) is 11.1. The molecule has 3 nitrogen and oxygen atoms in total. The lowest BCUT2D eigenvalue weighted by atomic mass is 9.47. The van der Waals surface area contributed by atoms with Crippen molar-refractivity contribution >= 4 is 12.3 Å². The number of carbonyl (C=O) groups is 2. The first-order valence-electron chi connectivity index (χ1n) is 11.1. The van der Waals surface area contributed by atoms with E-state index in [-0.39, 0.29) is 18.0 Å². The lowest BCUT2D eigenvalue weighted by Gasteiger charge is -2.57. The normalized spacial score (nSPS) is 47.1. The molecule has 2 unspecified atom stereocenters. The van der Waals surface area contributed by atoms with Crippen molar-refractivity contribution in [1.82, 2.24) is 0 Å². The molecule has 4 aliphatic rings. The van der Waals surface area contributed by atoms with Crippen molar-refractivity contribution in [3.8, 4) is 0 Å². The summed E-state index contributed by atoms with van der Waals surface area (Å²) in [6.07, 6.45) is 13.2. The summed E-state index contributed by atoms with van der Waals surface area (Å²) in [5.74, 6) is 2.60. The second-order valence-electron chi connectivity index (χ2n) is 10.5. The Bertz CT molecular complexity index is 652. The molecule has 3 saturated carbocycles. The highest BCUT2D eigenvalue weighted by Gasteiger charge is 2.58. The van der Waals surface area contributed by atoms with Gasteiger partial charge in [0.25, 0.3) is 0 Å². The van der Waals surface area contributed by atoms with Gasteiger partial charge < -0.3 is 9.53 Å². The number of hydrogen-bond donors (Lipinski definition) is 0. The van der Waals surface area contributed by atoms with E-state index < -0.39 is 0 Å². The number of carbonyl (C=O) groups excluding carboxylic acids is 2. The van der Waals surface area contributed by atoms with Crippen LogP contribution in [0.1, 0.15) is 79.1 Å². The number of fused-ring (bicyclic) bond motifs is 5. The number of hydrogen-bond acceptors (Lipinski definition) is 3. The average Bonchev–Trinajstić information content (AvgIpc) is 2.98. The van der Waals surface area contributed by atoms with Gasteiger partial charge in [0.1, 0.15) is 12.4 Å². The molecule has 3 fully saturated rings. The highest BCUT2D eigenvalue weighted by atomic mass is 16.5. The van der Waals surface area contributed by atoms with E-state index in [0.29, 0.717) is 34.5 Å². The molecule has 3 heteroatoms. The van der Waals surface area contributed by atoms with E-state index in [4.69, 9.17) is 4.74 Å². The quantitative estimate of drug-likeness (QED) is 0.382. The Balaban J connectivity index is 1.58. The highest BCUT2D eigenvalue weighted by Crippen LogP contribution is 2.66. The van der Waals surface area contributed by atoms with Crippen LogP contribution in [0.5, 0.6) is 0 Å². The summed E-state index contributed by atoms with van der Waals surface area (Å²) in [6.45, 7) is 8.65. The Morgan fingerprint density at radius 1 is 1.15 bits per heavy atom. The van der Waals surface area contributed by atoms with Crippen molar-refractivity contribution in [2.45, 2.75) is 85.2 Å². The van der Waals surface area contributed by atoms with Crippen molar-refractivity contribution in [1.29, 1.82) is 0 Å². The van der Waals surface area contributed by atoms with Gasteiger partial charge in [-0.3, -0.25) is 4.79 Å². The molecule has 0 amide bonds. The van der Waals surface area contributed by atoms with Gasteiger partial charge in [-0.25, -0.2) is 0 Å². The van der Waals surface area contributed by atoms with Crippen LogP contribution in [-0.4, -0.2) is 18.4 Å². The van der Waals surface area contributed by atoms with E-state index in [2.05, 4.69) is 26.8 Å². The van der Waals surface area contributed by atoms with Crippen molar-refractivity contribution in [2.75, 3.05) is 0 Å². The third-order valence-corrected chi connectivity index (χ3v) is 9.29. The largest absolute Gasteiger partial charge is 0.463 e. The zero-order chi connectivity index (χ0) is 19.4. The SMILES string of the molecule is CC(=O)O[C@H]1CC[C@@]2(C)C(CC=C3[C@@H]4CC[C@H](C(C)C=O)[C@@]4(C)CC[C@@H]32)C1. The Labute approximate surface area is 164 Å². The first-order chi connectivity index (χ1) is 12.8. The predicted molar refractivity (Wildman–Crippen MR) is 106 cm³/mol. The molecule has 0 aromatic rings. The van der Waals surface area contributed by atoms with Gasteiger partial charge in [0, 0.05) is 12.8 Å². The molecule has 4 aliphatic carbocycles. The molecule has 0 aromatic carbocycles. The van der Waals surface area contributed by atoms with Crippen LogP contribution in [0.3, 0.4) is 0 Å². The smallest absolute Gasteiger partial charge is 0.302 e. The van der Waals surface area contributed by atoms with Crippen LogP contribution in [0.15, 0.2) is 11.6 Å². The van der Waals surface area contributed by atoms with Crippen LogP contribution in [0.25, 0.3) is 0 Å². The van der Waals surface area contributed by atoms with Crippen LogP contribution in [0.4, 0.5) is 0 Å². The molecule has 0 bridgehead atoms. The number of aldehydes is 1. The average molecular weight is 373 g/mol. The summed E-state index contributed by atoms with van der Waals surface area (Å²) in [5, 5.41) is 0. The number of esters is 1. The summed E-state index contributed by atoms with van der Waals surface area (Å²) in [4.78, 5) is 22.9. The van der Waals surface area contributed by atoms with Crippen LogP contribution in [-0.2, 0) is 14.3 Å². The van der Waals surface area contributed by atoms with Crippen LogP contribution >= 0.6 is 0 Å². The number of allylic oxidation sites excluding steroid dienone is 2. The fourth-order valence-electron chi connectivity index (χ4n) is 7.81. The fraction of sp³-hybridized carbons (Fsp3) is 0.833. The first kappa shape index (κ1) is 19.2. The zero-order valence-electron chi connectivity index (χ0n) is 17.5. The molecule has 0 heterocycles. The highest BCUT2D eigenvalue weighted by molar-refractivity contribution is 5.66. The maximum atomic E-state index is 11.5. The number of rotatable bonds is 3. The van der Waals surface area contributed by atoms with Crippen molar-refractivity contribution in [3.05, 3.63) is 11.6 Å². The number of ether oxygens (including phenoxy) is 1. The molecule has 0 spiro atoms. The molecular weight excluding hydrogens is 336 g/mol. The zero-order valence-corrected chi connectivity index (χ0v) is 17.5. The summed E-state index contributed by atoms with van der Waals surface area (Å²) in [6, 6.07) is 0. The maximum absolute atomic E-state index is 11.5. The lowest BCUT2D eigenvalue weighted by molar-refractivity contribution is -0.152. The molecule has 150 valence electrons. The molecule has 0 aromatic heterocycles. The third-order valence-electron chi connectivity index (χ3n) is 9.29. The van der Waals surface area contributed by atoms with Crippen LogP contribution in [0.2, 0.25) is 0 Å². The van der Waals surface area contributed by atoms with Crippen LogP contribution in [0, 0.1) is 40.4 Å². The predicted octanol–water partition coefficient (Wildman–Crippen LogP) is 5.33. The van der Waals surface area contributed by atoms with E-state index in [1.165, 1.54) is 45.3 Å². The Hall–Kier alpha value is -1.12. The van der Waals surface area contributed by atoms with Gasteiger partial charge >= 0.3 is 5.97 Å². The topological polar surface area (TPSA) is 43.4 Å². The van der Waals surface area contributed by atoms with Crippen molar-refractivity contribution < 1.29 is 14.3 Å². The Kier molecular flexibility index (Phi) is 4.79. The van der Waals surface area contributed by atoms with Gasteiger partial charge in [-0.1, -0.05) is 32.4 Å². The third kappa shape index (κ3) is 2.91. The Morgan fingerprint density at radius 3 is 2.56 bits per heavy atom. The second kappa shape index (κ2) is 6.74. The molecule has 0 N–H and O–H groups in total. The Morgan fingerprint density at radius 2 is 1.85 bits per heavy atom. The molecule has 4 rings (SSSR count). The van der Waals surface area contributed by atoms with Crippen molar-refractivity contribution in [3.63, 3.8) is 0 Å². The molecule has 0 aliphatic heterocycles. The van der Waals surface area contributed by atoms with E-state index in [9.17, 15) is 9.59 Å². The molecule has 0 radical (unpaired) electrons. The standard InChI is InChI=1S/C24H36O3/c1-15(14-25)20-7-8-21-19-6-5-17-13-18(27-16(2)26)9-11-23(17,3)22(19)10-12-24(20,21)4/h6,14-15,17-18,20-22H,5,7-13H2,1-4H3/t15?,17?,18-,20+,21-,22-,23-,24+/m0/s1. The minimum atomic E-state index is -0.134. The van der Waals surface area contributed by atoms with Crippen molar-refractivity contribution in [2.24, 2.45) is 40.4 Å².